The largest absolute Gasteiger partial charge is 0.353 e. The Morgan fingerprint density at radius 2 is 2.03 bits per heavy atom. The quantitative estimate of drug-likeness (QED) is 0.522. The Bertz CT molecular complexity index is 853. The first-order valence-electron chi connectivity index (χ1n) is 10.6. The zero-order valence-corrected chi connectivity index (χ0v) is 19.2. The summed E-state index contributed by atoms with van der Waals surface area (Å²) in [5.74, 6) is 1.68. The van der Waals surface area contributed by atoms with Gasteiger partial charge in [-0.1, -0.05) is 35.9 Å². The van der Waals surface area contributed by atoms with Crippen molar-refractivity contribution >= 4 is 23.4 Å². The zero-order chi connectivity index (χ0) is 21.5. The average molecular weight is 429 g/mol. The van der Waals surface area contributed by atoms with Crippen LogP contribution in [0.3, 0.4) is 0 Å². The number of halogens is 1. The molecule has 0 saturated carbocycles. The summed E-state index contributed by atoms with van der Waals surface area (Å²) in [7, 11) is 3.98. The molecular formula is C23H33ClN6. The normalized spacial score (nSPS) is 17.1. The summed E-state index contributed by atoms with van der Waals surface area (Å²) in [6.45, 7) is 7.89. The molecule has 30 heavy (non-hydrogen) atoms. The van der Waals surface area contributed by atoms with Crippen molar-refractivity contribution in [3.8, 4) is 0 Å². The van der Waals surface area contributed by atoms with Gasteiger partial charge in [0.25, 0.3) is 0 Å². The summed E-state index contributed by atoms with van der Waals surface area (Å²) in [6.07, 6.45) is 2.81. The summed E-state index contributed by atoms with van der Waals surface area (Å²) in [6, 6.07) is 13.2. The predicted octanol–water partition coefficient (Wildman–Crippen LogP) is 3.52. The highest BCUT2D eigenvalue weighted by atomic mass is 35.5. The molecule has 162 valence electrons. The number of nitrogens with zero attached hydrogens (tertiary/aromatic N) is 4. The minimum absolute atomic E-state index is 0.302. The Morgan fingerprint density at radius 3 is 2.73 bits per heavy atom. The van der Waals surface area contributed by atoms with Crippen LogP contribution in [-0.4, -0.2) is 55.1 Å². The third-order valence-electron chi connectivity index (χ3n) is 5.66. The highest BCUT2D eigenvalue weighted by Crippen LogP contribution is 2.25. The van der Waals surface area contributed by atoms with E-state index < -0.39 is 0 Å². The van der Waals surface area contributed by atoms with Gasteiger partial charge < -0.3 is 15.5 Å². The summed E-state index contributed by atoms with van der Waals surface area (Å²) in [5, 5.41) is 7.73. The molecule has 1 aliphatic heterocycles. The van der Waals surface area contributed by atoms with Crippen LogP contribution < -0.4 is 15.5 Å². The van der Waals surface area contributed by atoms with Gasteiger partial charge in [0.1, 0.15) is 5.82 Å². The fourth-order valence-electron chi connectivity index (χ4n) is 3.58. The standard InChI is InChI=1S/C23H33ClN6/c1-17(2)29(4)15-19-9-6-5-8-18(19)14-27-23(25-3)28-20-11-13-30(16-20)22-21(24)10-7-12-26-22/h5-10,12,17,20H,11,13-16H2,1-4H3,(H2,25,27,28). The predicted molar refractivity (Wildman–Crippen MR) is 126 cm³/mol. The molecule has 1 aromatic carbocycles. The molecule has 2 heterocycles. The van der Waals surface area contributed by atoms with Crippen LogP contribution in [0.4, 0.5) is 5.82 Å². The molecule has 1 fully saturated rings. The van der Waals surface area contributed by atoms with Gasteiger partial charge in [0.2, 0.25) is 0 Å². The molecule has 6 nitrogen and oxygen atoms in total. The summed E-state index contributed by atoms with van der Waals surface area (Å²) in [4.78, 5) is 13.4. The van der Waals surface area contributed by atoms with Crippen molar-refractivity contribution in [1.82, 2.24) is 20.5 Å². The molecule has 0 amide bonds. The van der Waals surface area contributed by atoms with Gasteiger partial charge in [-0.15, -0.1) is 0 Å². The van der Waals surface area contributed by atoms with Gasteiger partial charge in [-0.3, -0.25) is 9.89 Å². The smallest absolute Gasteiger partial charge is 0.191 e. The molecular weight excluding hydrogens is 396 g/mol. The number of hydrogen-bond donors (Lipinski definition) is 2. The van der Waals surface area contributed by atoms with Crippen molar-refractivity contribution in [2.24, 2.45) is 4.99 Å². The van der Waals surface area contributed by atoms with E-state index in [4.69, 9.17) is 11.6 Å². The number of rotatable bonds is 7. The van der Waals surface area contributed by atoms with E-state index in [0.717, 1.165) is 44.4 Å². The maximum absolute atomic E-state index is 6.31. The first-order chi connectivity index (χ1) is 14.5. The minimum atomic E-state index is 0.302. The van der Waals surface area contributed by atoms with Gasteiger partial charge in [-0.2, -0.15) is 0 Å². The van der Waals surface area contributed by atoms with E-state index in [9.17, 15) is 0 Å². The molecule has 1 saturated heterocycles. The number of aromatic nitrogens is 1. The second-order valence-electron chi connectivity index (χ2n) is 8.09. The van der Waals surface area contributed by atoms with Gasteiger partial charge >= 0.3 is 0 Å². The lowest BCUT2D eigenvalue weighted by atomic mass is 10.1. The van der Waals surface area contributed by atoms with Crippen LogP contribution in [-0.2, 0) is 13.1 Å². The van der Waals surface area contributed by atoms with Crippen molar-refractivity contribution in [2.45, 2.75) is 45.4 Å². The van der Waals surface area contributed by atoms with E-state index in [1.807, 2.05) is 19.2 Å². The number of aliphatic imine (C=N–C) groups is 1. The lowest BCUT2D eigenvalue weighted by Gasteiger charge is -2.23. The molecule has 0 bridgehead atoms. The first kappa shape index (κ1) is 22.4. The monoisotopic (exact) mass is 428 g/mol. The van der Waals surface area contributed by atoms with Crippen LogP contribution in [0.5, 0.6) is 0 Å². The van der Waals surface area contributed by atoms with Crippen LogP contribution >= 0.6 is 11.6 Å². The fraction of sp³-hybridized carbons (Fsp3) is 0.478. The third-order valence-corrected chi connectivity index (χ3v) is 5.95. The Balaban J connectivity index is 1.56. The Morgan fingerprint density at radius 1 is 1.27 bits per heavy atom. The molecule has 0 aliphatic carbocycles. The van der Waals surface area contributed by atoms with E-state index in [-0.39, 0.29) is 0 Å². The van der Waals surface area contributed by atoms with Crippen molar-refractivity contribution in [3.63, 3.8) is 0 Å². The Kier molecular flexibility index (Phi) is 7.94. The van der Waals surface area contributed by atoms with Crippen molar-refractivity contribution in [2.75, 3.05) is 32.1 Å². The van der Waals surface area contributed by atoms with Crippen LogP contribution in [0.15, 0.2) is 47.6 Å². The van der Waals surface area contributed by atoms with Crippen LogP contribution in [0, 0.1) is 0 Å². The van der Waals surface area contributed by atoms with E-state index in [0.29, 0.717) is 17.1 Å². The molecule has 0 spiro atoms. The minimum Gasteiger partial charge on any atom is -0.353 e. The average Bonchev–Trinajstić information content (AvgIpc) is 3.20. The lowest BCUT2D eigenvalue weighted by molar-refractivity contribution is 0.265. The van der Waals surface area contributed by atoms with Gasteiger partial charge in [0, 0.05) is 51.5 Å². The molecule has 2 N–H and O–H groups in total. The van der Waals surface area contributed by atoms with Gasteiger partial charge in [-0.25, -0.2) is 4.98 Å². The number of anilines is 1. The van der Waals surface area contributed by atoms with E-state index in [1.54, 1.807) is 6.20 Å². The van der Waals surface area contributed by atoms with Gasteiger partial charge in [0.15, 0.2) is 5.96 Å². The third kappa shape index (κ3) is 5.86. The molecule has 1 unspecified atom stereocenters. The van der Waals surface area contributed by atoms with E-state index in [1.165, 1.54) is 11.1 Å². The van der Waals surface area contributed by atoms with Gasteiger partial charge in [-0.05, 0) is 50.6 Å². The van der Waals surface area contributed by atoms with Crippen LogP contribution in [0.2, 0.25) is 5.02 Å². The fourth-order valence-corrected chi connectivity index (χ4v) is 3.82. The summed E-state index contributed by atoms with van der Waals surface area (Å²) < 4.78 is 0. The number of benzene rings is 1. The molecule has 0 radical (unpaired) electrons. The summed E-state index contributed by atoms with van der Waals surface area (Å²) >= 11 is 6.31. The maximum atomic E-state index is 6.31. The van der Waals surface area contributed by atoms with Crippen molar-refractivity contribution in [1.29, 1.82) is 0 Å². The number of hydrogen-bond acceptors (Lipinski definition) is 4. The summed E-state index contributed by atoms with van der Waals surface area (Å²) in [5.41, 5.74) is 2.63. The SMILES string of the molecule is CN=C(NCc1ccccc1CN(C)C(C)C)NC1CCN(c2ncccc2Cl)C1. The molecule has 1 aromatic heterocycles. The Labute approximate surface area is 185 Å². The second-order valence-corrected chi connectivity index (χ2v) is 8.50. The topological polar surface area (TPSA) is 55.8 Å². The highest BCUT2D eigenvalue weighted by molar-refractivity contribution is 6.32. The Hall–Kier alpha value is -2.31. The van der Waals surface area contributed by atoms with E-state index in [2.05, 4.69) is 75.6 Å². The molecule has 1 aliphatic rings. The lowest BCUT2D eigenvalue weighted by Crippen LogP contribution is -2.44. The van der Waals surface area contributed by atoms with Gasteiger partial charge in [0.05, 0.1) is 5.02 Å². The van der Waals surface area contributed by atoms with Crippen LogP contribution in [0.1, 0.15) is 31.4 Å². The highest BCUT2D eigenvalue weighted by Gasteiger charge is 2.25. The van der Waals surface area contributed by atoms with Crippen molar-refractivity contribution in [3.05, 3.63) is 58.7 Å². The first-order valence-corrected chi connectivity index (χ1v) is 11.0. The molecule has 1 atom stereocenters. The second kappa shape index (κ2) is 10.6. The number of nitrogens with one attached hydrogen (secondary N) is 2. The zero-order valence-electron chi connectivity index (χ0n) is 18.4. The van der Waals surface area contributed by atoms with E-state index >= 15 is 0 Å². The number of pyridine rings is 1. The number of guanidine groups is 1. The molecule has 3 rings (SSSR count). The molecule has 2 aromatic rings. The van der Waals surface area contributed by atoms with Crippen LogP contribution in [0.25, 0.3) is 0 Å². The maximum Gasteiger partial charge on any atom is 0.191 e. The van der Waals surface area contributed by atoms with Crippen molar-refractivity contribution < 1.29 is 0 Å². The molecule has 7 heteroatoms.